The Labute approximate surface area is 169 Å². The zero-order chi connectivity index (χ0) is 21.4. The molecule has 30 heavy (non-hydrogen) atoms. The molecular formula is C19H21F2N5O4. The van der Waals surface area contributed by atoms with E-state index in [2.05, 4.69) is 10.1 Å². The van der Waals surface area contributed by atoms with Crippen molar-refractivity contribution in [3.63, 3.8) is 0 Å². The predicted octanol–water partition coefficient (Wildman–Crippen LogP) is 1.31. The van der Waals surface area contributed by atoms with Crippen LogP contribution in [0.3, 0.4) is 0 Å². The lowest BCUT2D eigenvalue weighted by Gasteiger charge is -2.19. The number of anilines is 1. The lowest BCUT2D eigenvalue weighted by Crippen LogP contribution is -2.26. The van der Waals surface area contributed by atoms with E-state index in [9.17, 15) is 23.5 Å². The Balaban J connectivity index is 1.77. The Bertz CT molecular complexity index is 1080. The Morgan fingerprint density at radius 2 is 2.20 bits per heavy atom. The van der Waals surface area contributed by atoms with Crippen molar-refractivity contribution >= 4 is 28.5 Å². The Morgan fingerprint density at radius 3 is 2.83 bits per heavy atom. The van der Waals surface area contributed by atoms with E-state index in [1.165, 1.54) is 6.20 Å². The summed E-state index contributed by atoms with van der Waals surface area (Å²) in [5, 5.41) is 13.2. The van der Waals surface area contributed by atoms with Crippen LogP contribution in [0.15, 0.2) is 22.2 Å². The van der Waals surface area contributed by atoms with Gasteiger partial charge in [-0.25, -0.2) is 18.6 Å². The number of aromatic nitrogens is 2. The fraction of sp³-hybridized carbons (Fsp3) is 0.474. The van der Waals surface area contributed by atoms with Gasteiger partial charge in [0.2, 0.25) is 5.43 Å². The molecule has 11 heteroatoms. The maximum Gasteiger partial charge on any atom is 0.341 e. The summed E-state index contributed by atoms with van der Waals surface area (Å²) in [6.07, 6.45) is 2.93. The van der Waals surface area contributed by atoms with Crippen molar-refractivity contribution in [1.82, 2.24) is 9.55 Å². The molecular weight excluding hydrogens is 400 g/mol. The lowest BCUT2D eigenvalue weighted by molar-refractivity contribution is 0.0695. The molecule has 0 aromatic carbocycles. The number of hydrogen-bond acceptors (Lipinski definition) is 7. The minimum atomic E-state index is -1.36. The Hall–Kier alpha value is -3.08. The third kappa shape index (κ3) is 3.60. The second-order valence-electron chi connectivity index (χ2n) is 7.40. The van der Waals surface area contributed by atoms with E-state index in [0.29, 0.717) is 12.3 Å². The first-order valence-corrected chi connectivity index (χ1v) is 9.63. The molecule has 0 spiro atoms. The minimum Gasteiger partial charge on any atom is -0.477 e. The molecule has 1 aliphatic carbocycles. The summed E-state index contributed by atoms with van der Waals surface area (Å²) in [5.74, 6) is -2.29. The number of pyridine rings is 2. The predicted molar refractivity (Wildman–Crippen MR) is 105 cm³/mol. The summed E-state index contributed by atoms with van der Waals surface area (Å²) in [5.41, 5.74) is 5.41. The standard InChI is InChI=1S/C19H21F2N5O4/c20-3-4-30-24-15-9-25(7-10(15)6-22)18-14(21)5-12-16(27)13(19(28)29)8-26(11-1-2-11)17(12)23-18/h5,8,10-11H,1-4,6-7,9,22H2,(H,28,29). The lowest BCUT2D eigenvalue weighted by atomic mass is 10.1. The van der Waals surface area contributed by atoms with E-state index in [4.69, 9.17) is 10.6 Å². The Kier molecular flexibility index (Phi) is 5.37. The molecule has 1 atom stereocenters. The summed E-state index contributed by atoms with van der Waals surface area (Å²) < 4.78 is 28.8. The summed E-state index contributed by atoms with van der Waals surface area (Å²) in [6.45, 7) is -0.0675. The van der Waals surface area contributed by atoms with Gasteiger partial charge >= 0.3 is 5.97 Å². The van der Waals surface area contributed by atoms with Crippen LogP contribution in [-0.4, -0.2) is 59.3 Å². The number of rotatable bonds is 7. The molecule has 9 nitrogen and oxygen atoms in total. The molecule has 3 heterocycles. The number of carboxylic acid groups (broad SMARTS) is 1. The zero-order valence-electron chi connectivity index (χ0n) is 16.1. The first-order chi connectivity index (χ1) is 14.4. The van der Waals surface area contributed by atoms with Crippen molar-refractivity contribution in [3.8, 4) is 0 Å². The average Bonchev–Trinajstić information content (AvgIpc) is 3.48. The van der Waals surface area contributed by atoms with Crippen molar-refractivity contribution in [2.24, 2.45) is 16.8 Å². The van der Waals surface area contributed by atoms with E-state index in [-0.39, 0.29) is 48.5 Å². The van der Waals surface area contributed by atoms with Crippen molar-refractivity contribution < 1.29 is 23.5 Å². The molecule has 2 fully saturated rings. The number of halogens is 2. The van der Waals surface area contributed by atoms with Crippen LogP contribution in [0, 0.1) is 11.7 Å². The van der Waals surface area contributed by atoms with Crippen molar-refractivity contribution in [1.29, 1.82) is 0 Å². The normalized spacial score (nSPS) is 20.3. The topological polar surface area (TPSA) is 123 Å². The van der Waals surface area contributed by atoms with E-state index in [1.807, 2.05) is 0 Å². The van der Waals surface area contributed by atoms with Crippen LogP contribution in [0.4, 0.5) is 14.6 Å². The van der Waals surface area contributed by atoms with Crippen molar-refractivity contribution in [2.45, 2.75) is 18.9 Å². The molecule has 1 aliphatic heterocycles. The van der Waals surface area contributed by atoms with Crippen molar-refractivity contribution in [2.75, 3.05) is 37.8 Å². The van der Waals surface area contributed by atoms with Crippen LogP contribution in [0.5, 0.6) is 0 Å². The highest BCUT2D eigenvalue weighted by Gasteiger charge is 2.33. The van der Waals surface area contributed by atoms with Crippen LogP contribution < -0.4 is 16.1 Å². The number of carboxylic acids is 1. The molecule has 1 unspecified atom stereocenters. The van der Waals surface area contributed by atoms with Gasteiger partial charge in [-0.3, -0.25) is 4.79 Å². The smallest absolute Gasteiger partial charge is 0.341 e. The molecule has 160 valence electrons. The van der Waals surface area contributed by atoms with Gasteiger partial charge in [0.1, 0.15) is 24.5 Å². The van der Waals surface area contributed by atoms with Crippen LogP contribution in [-0.2, 0) is 4.84 Å². The summed E-state index contributed by atoms with van der Waals surface area (Å²) in [4.78, 5) is 34.9. The van der Waals surface area contributed by atoms with Gasteiger partial charge in [0, 0.05) is 31.2 Å². The summed E-state index contributed by atoms with van der Waals surface area (Å²) in [7, 11) is 0. The van der Waals surface area contributed by atoms with Gasteiger partial charge in [-0.2, -0.15) is 0 Å². The molecule has 2 aliphatic rings. The number of nitrogens with zero attached hydrogens (tertiary/aromatic N) is 4. The quantitative estimate of drug-likeness (QED) is 0.510. The van der Waals surface area contributed by atoms with Gasteiger partial charge in [0.05, 0.1) is 17.6 Å². The van der Waals surface area contributed by atoms with Gasteiger partial charge in [-0.15, -0.1) is 0 Å². The molecule has 1 saturated carbocycles. The first-order valence-electron chi connectivity index (χ1n) is 9.63. The molecule has 0 bridgehead atoms. The van der Waals surface area contributed by atoms with E-state index in [1.54, 1.807) is 9.47 Å². The third-order valence-corrected chi connectivity index (χ3v) is 5.31. The zero-order valence-corrected chi connectivity index (χ0v) is 16.1. The van der Waals surface area contributed by atoms with Crippen molar-refractivity contribution in [3.05, 3.63) is 33.9 Å². The second-order valence-corrected chi connectivity index (χ2v) is 7.40. The number of hydrogen-bond donors (Lipinski definition) is 2. The van der Waals surface area contributed by atoms with Crippen LogP contribution in [0.25, 0.3) is 11.0 Å². The highest BCUT2D eigenvalue weighted by Crippen LogP contribution is 2.37. The SMILES string of the molecule is NCC1CN(c2nc3c(cc2F)c(=O)c(C(=O)O)cn3C2CC2)CC1=NOCCF. The second kappa shape index (κ2) is 7.98. The number of aromatic carboxylic acids is 1. The van der Waals surface area contributed by atoms with Gasteiger partial charge in [0.15, 0.2) is 11.6 Å². The summed E-state index contributed by atoms with van der Waals surface area (Å²) in [6, 6.07) is 1.07. The molecule has 2 aromatic rings. The highest BCUT2D eigenvalue weighted by atomic mass is 19.1. The number of carbonyl (C=O) groups is 1. The van der Waals surface area contributed by atoms with Gasteiger partial charge < -0.3 is 25.1 Å². The molecule has 4 rings (SSSR count). The number of alkyl halides is 1. The molecule has 2 aromatic heterocycles. The van der Waals surface area contributed by atoms with Gasteiger partial charge in [0.25, 0.3) is 0 Å². The number of fused-ring (bicyclic) bond motifs is 1. The van der Waals surface area contributed by atoms with Crippen LogP contribution >= 0.6 is 0 Å². The van der Waals surface area contributed by atoms with E-state index in [0.717, 1.165) is 18.9 Å². The molecule has 1 saturated heterocycles. The van der Waals surface area contributed by atoms with Crippen LogP contribution in [0.2, 0.25) is 0 Å². The monoisotopic (exact) mass is 421 g/mol. The average molecular weight is 421 g/mol. The minimum absolute atomic E-state index is 0.0218. The largest absolute Gasteiger partial charge is 0.477 e. The number of nitrogens with two attached hydrogens (primary N) is 1. The highest BCUT2D eigenvalue weighted by molar-refractivity contribution is 5.95. The molecule has 0 amide bonds. The fourth-order valence-electron chi connectivity index (χ4n) is 3.64. The fourth-order valence-corrected chi connectivity index (χ4v) is 3.64. The summed E-state index contributed by atoms with van der Waals surface area (Å²) >= 11 is 0. The van der Waals surface area contributed by atoms with Crippen LogP contribution in [0.1, 0.15) is 29.2 Å². The molecule has 0 radical (unpaired) electrons. The number of oxime groups is 1. The maximum atomic E-state index is 14.9. The molecule has 3 N–H and O–H groups in total. The first kappa shape index (κ1) is 20.2. The van der Waals surface area contributed by atoms with Gasteiger partial charge in [-0.05, 0) is 18.9 Å². The third-order valence-electron chi connectivity index (χ3n) is 5.31. The van der Waals surface area contributed by atoms with Gasteiger partial charge in [-0.1, -0.05) is 5.16 Å². The Morgan fingerprint density at radius 1 is 1.43 bits per heavy atom. The van der Waals surface area contributed by atoms with E-state index < -0.39 is 29.5 Å². The van der Waals surface area contributed by atoms with E-state index >= 15 is 0 Å². The maximum absolute atomic E-state index is 14.9.